The molecule has 0 rings (SSSR count). The molecule has 1 amide bonds. The van der Waals surface area contributed by atoms with E-state index in [0.717, 1.165) is 70.6 Å². The monoisotopic (exact) mass is 1310 g/mol. The van der Waals surface area contributed by atoms with Gasteiger partial charge in [0.15, 0.2) is 0 Å². The van der Waals surface area contributed by atoms with Gasteiger partial charge in [-0.15, -0.1) is 0 Å². The molecule has 0 spiro atoms. The summed E-state index contributed by atoms with van der Waals surface area (Å²) in [5.74, 6) is -0.180. The molecule has 0 aromatic rings. The second kappa shape index (κ2) is 72.9. The normalized spacial score (nSPS) is 13.9. The van der Waals surface area contributed by atoms with Gasteiger partial charge in [-0.3, -0.25) is 13.8 Å². The number of carbonyl (C=O) groups is 1. The maximum Gasteiger partial charge on any atom is 0.472 e. The maximum absolute atomic E-state index is 13.1. The average molecular weight is 1310 g/mol. The number of amides is 1. The summed E-state index contributed by atoms with van der Waals surface area (Å²) in [5, 5.41) is 14.0. The predicted molar refractivity (Wildman–Crippen MR) is 406 cm³/mol. The zero-order valence-corrected chi connectivity index (χ0v) is 62.7. The fourth-order valence-corrected chi connectivity index (χ4v) is 12.7. The molecule has 0 radical (unpaired) electrons. The van der Waals surface area contributed by atoms with Crippen LogP contribution in [0.25, 0.3) is 0 Å². The largest absolute Gasteiger partial charge is 0.472 e. The first-order valence-corrected chi connectivity index (χ1v) is 41.5. The number of nitrogens with one attached hydrogen (secondary N) is 1. The van der Waals surface area contributed by atoms with Crippen LogP contribution in [0.5, 0.6) is 0 Å². The number of rotatable bonds is 74. The Morgan fingerprint density at radius 1 is 0.380 bits per heavy atom. The van der Waals surface area contributed by atoms with Gasteiger partial charge in [0.05, 0.1) is 39.9 Å². The topological polar surface area (TPSA) is 105 Å². The zero-order valence-electron chi connectivity index (χ0n) is 61.8. The van der Waals surface area contributed by atoms with Crippen LogP contribution in [0.15, 0.2) is 85.1 Å². The van der Waals surface area contributed by atoms with Crippen LogP contribution in [0.4, 0.5) is 0 Å². The molecule has 3 atom stereocenters. The van der Waals surface area contributed by atoms with Crippen molar-refractivity contribution in [2.75, 3.05) is 40.9 Å². The Balaban J connectivity index is 3.96. The Kier molecular flexibility index (Phi) is 71.1. The fraction of sp³-hybridized carbons (Fsp3) is 0.819. The molecule has 538 valence electrons. The molecule has 3 N–H and O–H groups in total. The van der Waals surface area contributed by atoms with E-state index in [9.17, 15) is 19.4 Å². The van der Waals surface area contributed by atoms with Crippen molar-refractivity contribution >= 4 is 13.7 Å². The summed E-state index contributed by atoms with van der Waals surface area (Å²) in [5.41, 5.74) is 0. The summed E-state index contributed by atoms with van der Waals surface area (Å²) >= 11 is 0. The molecule has 0 saturated carbocycles. The van der Waals surface area contributed by atoms with Gasteiger partial charge >= 0.3 is 7.82 Å². The highest BCUT2D eigenvalue weighted by Crippen LogP contribution is 2.43. The van der Waals surface area contributed by atoms with Crippen LogP contribution in [-0.4, -0.2) is 73.4 Å². The van der Waals surface area contributed by atoms with E-state index in [4.69, 9.17) is 9.05 Å². The standard InChI is InChI=1S/C83H155N2O6P/c1-6-8-10-12-14-16-18-20-22-24-26-28-30-32-34-36-37-38-39-40-41-42-43-44-45-46-47-49-51-53-55-57-59-61-63-65-67-69-71-73-75-77-83(87)84-81(80-91-92(88,89)90-79-78-85(3,4)5)82(86)76-74-72-70-68-66-64-62-60-58-56-54-52-50-48-35-33-31-29-27-25-23-21-19-17-15-13-11-9-7-2/h8,10,14,16,20,22,26,28,32,34,66,68,74,76,81-82,86H,6-7,9,11-13,15,17-19,21,23-25,27,29-31,33,35-65,67,69-73,75,77-80H2,1-5H3,(H-,84,87,88,89)/p+1/b10-8-,16-14-,22-20-,28-26-,34-32-,68-66+,76-74+. The van der Waals surface area contributed by atoms with Gasteiger partial charge in [0, 0.05) is 6.42 Å². The second-order valence-electron chi connectivity index (χ2n) is 28.4. The molecule has 0 aliphatic carbocycles. The molecule has 9 heteroatoms. The highest BCUT2D eigenvalue weighted by atomic mass is 31.2. The SMILES string of the molecule is CC/C=C\C/C=C\C/C=C\C/C=C\C/C=C\CCCCCCCCCCCCCCCCCCCCCCCCCCCC(=O)NC(COP(=O)(O)OCC[N+](C)(C)C)C(O)/C=C/CC/C=C/CCCCCCCCCCCCCCCCCCCCCCCCC. The van der Waals surface area contributed by atoms with Crippen LogP contribution in [-0.2, 0) is 18.4 Å². The molecule has 0 saturated heterocycles. The van der Waals surface area contributed by atoms with Crippen LogP contribution in [0.2, 0.25) is 0 Å². The molecule has 92 heavy (non-hydrogen) atoms. The Morgan fingerprint density at radius 2 is 0.663 bits per heavy atom. The van der Waals surface area contributed by atoms with E-state index >= 15 is 0 Å². The summed E-state index contributed by atoms with van der Waals surface area (Å²) in [7, 11) is 1.57. The van der Waals surface area contributed by atoms with Crippen molar-refractivity contribution in [1.29, 1.82) is 0 Å². The van der Waals surface area contributed by atoms with Gasteiger partial charge in [0.2, 0.25) is 5.91 Å². The number of unbranched alkanes of at least 4 members (excludes halogenated alkanes) is 49. The lowest BCUT2D eigenvalue weighted by Crippen LogP contribution is -2.45. The molecule has 8 nitrogen and oxygen atoms in total. The maximum atomic E-state index is 13.1. The first-order chi connectivity index (χ1) is 45.0. The van der Waals surface area contributed by atoms with E-state index < -0.39 is 20.0 Å². The van der Waals surface area contributed by atoms with E-state index in [1.807, 2.05) is 27.2 Å². The van der Waals surface area contributed by atoms with Crippen LogP contribution in [0, 0.1) is 0 Å². The first kappa shape index (κ1) is 89.7. The third-order valence-electron chi connectivity index (χ3n) is 18.1. The fourth-order valence-electron chi connectivity index (χ4n) is 12.0. The Morgan fingerprint density at radius 3 is 1.00 bits per heavy atom. The lowest BCUT2D eigenvalue weighted by atomic mass is 10.0. The van der Waals surface area contributed by atoms with Crippen molar-refractivity contribution in [3.05, 3.63) is 85.1 Å². The van der Waals surface area contributed by atoms with Crippen molar-refractivity contribution in [2.24, 2.45) is 0 Å². The van der Waals surface area contributed by atoms with Crippen molar-refractivity contribution in [3.63, 3.8) is 0 Å². The first-order valence-electron chi connectivity index (χ1n) is 40.0. The lowest BCUT2D eigenvalue weighted by molar-refractivity contribution is -0.870. The molecule has 0 aliphatic rings. The number of quaternary nitrogens is 1. The van der Waals surface area contributed by atoms with Crippen LogP contribution >= 0.6 is 7.82 Å². The Labute approximate surface area is 573 Å². The number of phosphoric acid groups is 1. The minimum atomic E-state index is -4.37. The number of nitrogens with zero attached hydrogens (tertiary/aromatic N) is 1. The Hall–Kier alpha value is -2.32. The van der Waals surface area contributed by atoms with Crippen LogP contribution in [0.3, 0.4) is 0 Å². The molecule has 0 bridgehead atoms. The summed E-state index contributed by atoms with van der Waals surface area (Å²) in [6, 6.07) is -0.867. The molecular formula is C83H156N2O6P+. The molecular weight excluding hydrogens is 1150 g/mol. The van der Waals surface area contributed by atoms with Crippen molar-refractivity contribution in [2.45, 2.75) is 398 Å². The number of hydrogen-bond donors (Lipinski definition) is 3. The lowest BCUT2D eigenvalue weighted by Gasteiger charge is -2.25. The zero-order chi connectivity index (χ0) is 66.9. The molecule has 0 aromatic heterocycles. The predicted octanol–water partition coefficient (Wildman–Crippen LogP) is 26.2. The van der Waals surface area contributed by atoms with Crippen LogP contribution in [0.1, 0.15) is 386 Å². The van der Waals surface area contributed by atoms with E-state index in [-0.39, 0.29) is 19.1 Å². The number of hydrogen-bond acceptors (Lipinski definition) is 5. The number of phosphoric ester groups is 1. The number of aliphatic hydroxyl groups excluding tert-OH is 1. The van der Waals surface area contributed by atoms with Gasteiger partial charge < -0.3 is 19.8 Å². The average Bonchev–Trinajstić information content (AvgIpc) is 2.63. The molecule has 0 aromatic carbocycles. The van der Waals surface area contributed by atoms with E-state index in [1.54, 1.807) is 6.08 Å². The molecule has 0 fully saturated rings. The second-order valence-corrected chi connectivity index (χ2v) is 29.9. The third-order valence-corrected chi connectivity index (χ3v) is 19.1. The van der Waals surface area contributed by atoms with Crippen molar-refractivity contribution < 1.29 is 32.9 Å². The molecule has 0 aliphatic heterocycles. The van der Waals surface area contributed by atoms with E-state index in [0.29, 0.717) is 17.4 Å². The highest BCUT2D eigenvalue weighted by Gasteiger charge is 2.28. The van der Waals surface area contributed by atoms with Gasteiger partial charge in [0.1, 0.15) is 13.2 Å². The Bertz CT molecular complexity index is 1780. The van der Waals surface area contributed by atoms with Gasteiger partial charge in [-0.05, 0) is 77.0 Å². The van der Waals surface area contributed by atoms with Crippen molar-refractivity contribution in [3.8, 4) is 0 Å². The number of carbonyl (C=O) groups excluding carboxylic acids is 1. The highest BCUT2D eigenvalue weighted by molar-refractivity contribution is 7.47. The summed E-state index contributed by atoms with van der Waals surface area (Å²) in [6.45, 7) is 4.73. The summed E-state index contributed by atoms with van der Waals surface area (Å²) in [6.07, 6.45) is 105. The van der Waals surface area contributed by atoms with Gasteiger partial charge in [-0.1, -0.05) is 388 Å². The minimum absolute atomic E-state index is 0.0564. The summed E-state index contributed by atoms with van der Waals surface area (Å²) < 4.78 is 23.9. The summed E-state index contributed by atoms with van der Waals surface area (Å²) in [4.78, 5) is 23.5. The smallest absolute Gasteiger partial charge is 0.387 e. The van der Waals surface area contributed by atoms with Crippen molar-refractivity contribution in [1.82, 2.24) is 5.32 Å². The van der Waals surface area contributed by atoms with E-state index in [2.05, 4.69) is 92.1 Å². The van der Waals surface area contributed by atoms with Gasteiger partial charge in [-0.25, -0.2) is 4.57 Å². The molecule has 0 heterocycles. The van der Waals surface area contributed by atoms with Gasteiger partial charge in [0.25, 0.3) is 0 Å². The molecule has 3 unspecified atom stereocenters. The van der Waals surface area contributed by atoms with Gasteiger partial charge in [-0.2, -0.15) is 0 Å². The number of allylic oxidation sites excluding steroid dienone is 13. The minimum Gasteiger partial charge on any atom is -0.387 e. The van der Waals surface area contributed by atoms with E-state index in [1.165, 1.54) is 295 Å². The number of aliphatic hydroxyl groups is 1. The van der Waals surface area contributed by atoms with Crippen LogP contribution < -0.4 is 5.32 Å². The third kappa shape index (κ3) is 75.1. The quantitative estimate of drug-likeness (QED) is 0.0243. The number of likely N-dealkylation sites (N-methyl/N-ethyl adjacent to an activating group) is 1.